The molecule has 1 aromatic heterocycles. The Kier molecular flexibility index (Phi) is 11.1. The number of benzene rings is 1. The third-order valence-electron chi connectivity index (χ3n) is 7.93. The third kappa shape index (κ3) is 9.98. The van der Waals surface area contributed by atoms with Crippen LogP contribution < -0.4 is 20.1 Å². The maximum atomic E-state index is 14.3. The topological polar surface area (TPSA) is 173 Å². The number of likely N-dealkylation sites (tertiary alicyclic amines) is 1. The van der Waals surface area contributed by atoms with E-state index in [-0.39, 0.29) is 29.6 Å². The van der Waals surface area contributed by atoms with Crippen LogP contribution in [0.5, 0.6) is 5.75 Å². The molecule has 0 unspecified atom stereocenters. The number of fused-ring (bicyclic) bond motifs is 1. The van der Waals surface area contributed by atoms with Crippen molar-refractivity contribution in [2.24, 2.45) is 5.41 Å². The Labute approximate surface area is 294 Å². The summed E-state index contributed by atoms with van der Waals surface area (Å²) >= 11 is 0. The first-order valence-corrected chi connectivity index (χ1v) is 17.7. The van der Waals surface area contributed by atoms with Crippen molar-refractivity contribution >= 4 is 44.7 Å². The van der Waals surface area contributed by atoms with Gasteiger partial charge < -0.3 is 25.0 Å². The van der Waals surface area contributed by atoms with Gasteiger partial charge in [-0.2, -0.15) is 13.2 Å². The quantitative estimate of drug-likeness (QED) is 0.237. The van der Waals surface area contributed by atoms with Crippen LogP contribution in [0.1, 0.15) is 66.4 Å². The number of hydrogen-bond donors (Lipinski definition) is 3. The van der Waals surface area contributed by atoms with Gasteiger partial charge in [0.05, 0.1) is 22.9 Å². The normalized spacial score (nSPS) is 19.2. The van der Waals surface area contributed by atoms with E-state index in [1.54, 1.807) is 41.5 Å². The minimum absolute atomic E-state index is 0.00303. The second kappa shape index (κ2) is 14.5. The van der Waals surface area contributed by atoms with Gasteiger partial charge >= 0.3 is 12.3 Å². The molecule has 278 valence electrons. The number of halogens is 3. The number of nitrogens with one attached hydrogen (secondary N) is 3. The number of allylic oxidation sites excluding steroid dienone is 2. The molecule has 4 rings (SSSR count). The van der Waals surface area contributed by atoms with Crippen molar-refractivity contribution < 1.29 is 50.2 Å². The summed E-state index contributed by atoms with van der Waals surface area (Å²) in [6, 6.07) is 1.87. The Morgan fingerprint density at radius 3 is 2.29 bits per heavy atom. The van der Waals surface area contributed by atoms with E-state index in [0.29, 0.717) is 12.8 Å². The SMILES string of the molecule is C=C/C=C(/NC(=O)[C@@H]1C[C@@H](Oc2ccnc3cc(C(F)(F)F)ccc23)CN1C(=O)[C@@H](NC(=O)OC(C)(C)C)C(C)(C)C)C(=O)NS(=O)(=O)C1CC1. The molecule has 3 N–H and O–H groups in total. The molecule has 2 aliphatic rings. The first-order valence-electron chi connectivity index (χ1n) is 16.1. The summed E-state index contributed by atoms with van der Waals surface area (Å²) in [4.78, 5) is 59.2. The van der Waals surface area contributed by atoms with Gasteiger partial charge in [0.1, 0.15) is 35.2 Å². The molecule has 51 heavy (non-hydrogen) atoms. The summed E-state index contributed by atoms with van der Waals surface area (Å²) in [6.45, 7) is 13.3. The van der Waals surface area contributed by atoms with Gasteiger partial charge in [0, 0.05) is 18.0 Å². The molecular formula is C34H42F3N5O8S. The van der Waals surface area contributed by atoms with E-state index in [9.17, 15) is 40.8 Å². The van der Waals surface area contributed by atoms with Gasteiger partial charge in [-0.05, 0) is 69.4 Å². The minimum Gasteiger partial charge on any atom is -0.488 e. The number of hydrogen-bond acceptors (Lipinski definition) is 9. The Balaban J connectivity index is 1.66. The summed E-state index contributed by atoms with van der Waals surface area (Å²) in [7, 11) is -3.98. The van der Waals surface area contributed by atoms with Gasteiger partial charge in [0.25, 0.3) is 5.91 Å². The molecule has 0 radical (unpaired) electrons. The lowest BCUT2D eigenvalue weighted by Crippen LogP contribution is -2.58. The fraction of sp³-hybridized carbons (Fsp3) is 0.500. The molecule has 2 heterocycles. The maximum absolute atomic E-state index is 14.3. The highest BCUT2D eigenvalue weighted by atomic mass is 32.2. The Hall–Kier alpha value is -4.67. The van der Waals surface area contributed by atoms with Crippen molar-refractivity contribution in [3.05, 3.63) is 60.5 Å². The van der Waals surface area contributed by atoms with Crippen LogP contribution in [0.25, 0.3) is 10.9 Å². The van der Waals surface area contributed by atoms with Crippen LogP contribution in [0.3, 0.4) is 0 Å². The highest BCUT2D eigenvalue weighted by Crippen LogP contribution is 2.35. The number of pyridine rings is 1. The summed E-state index contributed by atoms with van der Waals surface area (Å²) in [5.41, 5.74) is -3.15. The standard InChI is InChI=1S/C34H42F3N5O8S/c1-8-9-23(28(43)41-51(47,48)21-11-12-21)39-29(44)25-17-20(49-26-14-15-38-24-16-19(34(35,36)37)10-13-22(24)26)18-42(25)30(45)27(32(2,3)4)40-31(46)50-33(5,6)7/h8-10,13-16,20-21,25,27H,1,11-12,17-18H2,2-7H3,(H,39,44)(H,40,46)(H,41,43)/b23-9+/t20-,25+,27-/m1/s1. The van der Waals surface area contributed by atoms with Crippen molar-refractivity contribution in [3.63, 3.8) is 0 Å². The number of amides is 4. The number of rotatable bonds is 10. The molecule has 0 spiro atoms. The molecule has 4 amide bonds. The van der Waals surface area contributed by atoms with E-state index in [4.69, 9.17) is 9.47 Å². The van der Waals surface area contributed by atoms with Crippen molar-refractivity contribution in [1.29, 1.82) is 0 Å². The highest BCUT2D eigenvalue weighted by molar-refractivity contribution is 7.91. The molecule has 13 nitrogen and oxygen atoms in total. The first-order chi connectivity index (χ1) is 23.5. The Bertz CT molecular complexity index is 1850. The van der Waals surface area contributed by atoms with E-state index >= 15 is 0 Å². The van der Waals surface area contributed by atoms with Crippen LogP contribution in [0.4, 0.5) is 18.0 Å². The molecule has 2 aromatic rings. The van der Waals surface area contributed by atoms with Crippen molar-refractivity contribution in [2.45, 2.75) is 96.0 Å². The number of nitrogens with zero attached hydrogens (tertiary/aromatic N) is 2. The number of ether oxygens (including phenoxy) is 2. The van der Waals surface area contributed by atoms with Gasteiger partial charge in [-0.1, -0.05) is 33.4 Å². The monoisotopic (exact) mass is 737 g/mol. The second-order valence-electron chi connectivity index (χ2n) is 14.4. The third-order valence-corrected chi connectivity index (χ3v) is 9.75. The molecular weight excluding hydrogens is 695 g/mol. The zero-order valence-electron chi connectivity index (χ0n) is 29.1. The smallest absolute Gasteiger partial charge is 0.416 e. The van der Waals surface area contributed by atoms with E-state index < -0.39 is 85.7 Å². The zero-order chi connectivity index (χ0) is 38.1. The molecule has 1 aliphatic heterocycles. The maximum Gasteiger partial charge on any atom is 0.416 e. The summed E-state index contributed by atoms with van der Waals surface area (Å²) in [5.74, 6) is -2.53. The number of alkyl carbamates (subject to hydrolysis) is 1. The van der Waals surface area contributed by atoms with Crippen LogP contribution in [-0.2, 0) is 35.3 Å². The van der Waals surface area contributed by atoms with Crippen LogP contribution in [0, 0.1) is 5.41 Å². The zero-order valence-corrected chi connectivity index (χ0v) is 29.9. The average molecular weight is 738 g/mol. The summed E-state index contributed by atoms with van der Waals surface area (Å²) in [6.07, 6.45) is -2.24. The predicted molar refractivity (Wildman–Crippen MR) is 180 cm³/mol. The molecule has 1 saturated heterocycles. The van der Waals surface area contributed by atoms with Crippen molar-refractivity contribution in [1.82, 2.24) is 25.2 Å². The lowest BCUT2D eigenvalue weighted by Gasteiger charge is -2.35. The molecule has 17 heteroatoms. The van der Waals surface area contributed by atoms with E-state index in [1.807, 2.05) is 4.72 Å². The van der Waals surface area contributed by atoms with Gasteiger partial charge in [-0.25, -0.2) is 17.9 Å². The molecule has 3 atom stereocenters. The Morgan fingerprint density at radius 2 is 1.73 bits per heavy atom. The van der Waals surface area contributed by atoms with Gasteiger partial charge in [0.15, 0.2) is 0 Å². The van der Waals surface area contributed by atoms with E-state index in [1.165, 1.54) is 29.3 Å². The number of carbonyl (C=O) groups is 4. The molecule has 1 aliphatic carbocycles. The van der Waals surface area contributed by atoms with Gasteiger partial charge in [-0.3, -0.25) is 19.4 Å². The second-order valence-corrected chi connectivity index (χ2v) is 16.4. The van der Waals surface area contributed by atoms with E-state index in [0.717, 1.165) is 18.2 Å². The largest absolute Gasteiger partial charge is 0.488 e. The predicted octanol–water partition coefficient (Wildman–Crippen LogP) is 4.34. The Morgan fingerprint density at radius 1 is 1.06 bits per heavy atom. The number of aromatic nitrogens is 1. The summed E-state index contributed by atoms with van der Waals surface area (Å²) in [5, 5.41) is 4.53. The lowest BCUT2D eigenvalue weighted by atomic mass is 9.85. The molecule has 2 fully saturated rings. The average Bonchev–Trinajstić information content (AvgIpc) is 3.78. The number of alkyl halides is 3. The molecule has 1 saturated carbocycles. The fourth-order valence-electron chi connectivity index (χ4n) is 5.35. The number of carbonyl (C=O) groups excluding carboxylic acids is 4. The number of sulfonamides is 1. The minimum atomic E-state index is -4.60. The van der Waals surface area contributed by atoms with Gasteiger partial charge in [0.2, 0.25) is 21.8 Å². The van der Waals surface area contributed by atoms with Crippen molar-refractivity contribution in [2.75, 3.05) is 6.54 Å². The van der Waals surface area contributed by atoms with Crippen LogP contribution in [0.2, 0.25) is 0 Å². The molecule has 1 aromatic carbocycles. The highest BCUT2D eigenvalue weighted by Gasteiger charge is 2.47. The first kappa shape index (κ1) is 39.1. The van der Waals surface area contributed by atoms with E-state index in [2.05, 4.69) is 22.2 Å². The van der Waals surface area contributed by atoms with Crippen LogP contribution in [0.15, 0.2) is 54.9 Å². The lowest BCUT2D eigenvalue weighted by molar-refractivity contribution is -0.142. The van der Waals surface area contributed by atoms with Crippen molar-refractivity contribution in [3.8, 4) is 5.75 Å². The molecule has 0 bridgehead atoms. The summed E-state index contributed by atoms with van der Waals surface area (Å²) < 4.78 is 78.5. The van der Waals surface area contributed by atoms with Crippen LogP contribution in [-0.4, -0.2) is 77.7 Å². The van der Waals surface area contributed by atoms with Gasteiger partial charge in [-0.15, -0.1) is 0 Å². The fourth-order valence-corrected chi connectivity index (χ4v) is 6.64. The van der Waals surface area contributed by atoms with Crippen LogP contribution >= 0.6 is 0 Å².